The molecule has 0 saturated heterocycles. The Balaban J connectivity index is 2.49. The molecule has 35 heavy (non-hydrogen) atoms. The molecule has 7 heteroatoms. The Kier molecular flexibility index (Phi) is 15.5. The molecule has 0 spiro atoms. The van der Waals surface area contributed by atoms with Gasteiger partial charge < -0.3 is 21.5 Å². The van der Waals surface area contributed by atoms with Crippen LogP contribution in [-0.4, -0.2) is 34.9 Å². The van der Waals surface area contributed by atoms with Gasteiger partial charge >= 0.3 is 0 Å². The lowest BCUT2D eigenvalue weighted by Crippen LogP contribution is -2.55. The molecule has 0 fully saturated rings. The number of benzene rings is 1. The molecule has 0 heterocycles. The first-order chi connectivity index (χ1) is 16.7. The molecule has 2 atom stereocenters. The Bertz CT molecular complexity index is 749. The summed E-state index contributed by atoms with van der Waals surface area (Å²) in [4.78, 5) is 37.3. The Morgan fingerprint density at radius 1 is 0.829 bits per heavy atom. The smallest absolute Gasteiger partial charge is 0.243 e. The zero-order valence-corrected chi connectivity index (χ0v) is 22.0. The summed E-state index contributed by atoms with van der Waals surface area (Å²) in [5.41, 5.74) is 6.23. The van der Waals surface area contributed by atoms with Crippen molar-refractivity contribution in [2.45, 2.75) is 116 Å². The van der Waals surface area contributed by atoms with Crippen LogP contribution in [0.1, 0.15) is 103 Å². The van der Waals surface area contributed by atoms with Crippen LogP contribution in [0.3, 0.4) is 0 Å². The molecule has 7 nitrogen and oxygen atoms in total. The summed E-state index contributed by atoms with van der Waals surface area (Å²) in [5.74, 6) is -1.27. The van der Waals surface area contributed by atoms with Gasteiger partial charge in [-0.1, -0.05) is 97.1 Å². The van der Waals surface area contributed by atoms with Gasteiger partial charge in [0.1, 0.15) is 17.8 Å². The molecule has 1 aromatic carbocycles. The topological polar surface area (TPSA) is 122 Å². The lowest BCUT2D eigenvalue weighted by Gasteiger charge is -2.24. The highest BCUT2D eigenvalue weighted by Gasteiger charge is 2.27. The predicted octanol–water partition coefficient (Wildman–Crippen LogP) is 4.75. The zero-order chi connectivity index (χ0) is 26.1. The molecule has 5 N–H and O–H groups in total. The monoisotopic (exact) mass is 489 g/mol. The van der Waals surface area contributed by atoms with Crippen molar-refractivity contribution in [2.75, 3.05) is 0 Å². The Labute approximate surface area is 211 Å². The minimum Gasteiger partial charge on any atom is -0.508 e. The van der Waals surface area contributed by atoms with Crippen LogP contribution in [0, 0.1) is 5.92 Å². The fourth-order valence-electron chi connectivity index (χ4n) is 4.11. The largest absolute Gasteiger partial charge is 0.508 e. The summed E-state index contributed by atoms with van der Waals surface area (Å²) in [6, 6.07) is 4.85. The molecule has 0 unspecified atom stereocenters. The fraction of sp³-hybridized carbons (Fsp3) is 0.679. The molecule has 0 radical (unpaired) electrons. The quantitative estimate of drug-likeness (QED) is 0.210. The number of aromatic hydroxyl groups is 1. The van der Waals surface area contributed by atoms with Gasteiger partial charge in [-0.25, -0.2) is 0 Å². The third-order valence-corrected chi connectivity index (χ3v) is 6.31. The van der Waals surface area contributed by atoms with E-state index in [0.717, 1.165) is 24.8 Å². The van der Waals surface area contributed by atoms with E-state index in [1.165, 1.54) is 63.5 Å². The SMILES string of the molecule is CCCCCCCCCCCCCC(=O)N[C@@H](Cc1ccc(O)cc1)C(=O)N[C@H](C(N)=O)C(C)C. The van der Waals surface area contributed by atoms with E-state index in [1.54, 1.807) is 26.0 Å². The van der Waals surface area contributed by atoms with Gasteiger partial charge in [0.2, 0.25) is 17.7 Å². The summed E-state index contributed by atoms with van der Waals surface area (Å²) < 4.78 is 0. The van der Waals surface area contributed by atoms with E-state index in [4.69, 9.17) is 5.73 Å². The number of phenolic OH excluding ortho intramolecular Hbond substituents is 1. The summed E-state index contributed by atoms with van der Waals surface area (Å²) in [6.45, 7) is 5.84. The number of unbranched alkanes of at least 4 members (excludes halogenated alkanes) is 10. The number of amides is 3. The van der Waals surface area contributed by atoms with E-state index in [0.29, 0.717) is 6.42 Å². The zero-order valence-electron chi connectivity index (χ0n) is 22.0. The van der Waals surface area contributed by atoms with Crippen molar-refractivity contribution in [2.24, 2.45) is 11.7 Å². The molecule has 198 valence electrons. The number of primary amides is 1. The van der Waals surface area contributed by atoms with Crippen molar-refractivity contribution in [1.29, 1.82) is 0 Å². The van der Waals surface area contributed by atoms with Gasteiger partial charge in [-0.3, -0.25) is 14.4 Å². The van der Waals surface area contributed by atoms with E-state index in [9.17, 15) is 19.5 Å². The summed E-state index contributed by atoms with van der Waals surface area (Å²) in [7, 11) is 0. The molecule has 0 aromatic heterocycles. The van der Waals surface area contributed by atoms with Gasteiger partial charge in [0.15, 0.2) is 0 Å². The van der Waals surface area contributed by atoms with Gasteiger partial charge in [-0.05, 0) is 30.0 Å². The molecule has 1 rings (SSSR count). The number of hydrogen-bond acceptors (Lipinski definition) is 4. The molecule has 0 aliphatic carbocycles. The highest BCUT2D eigenvalue weighted by Crippen LogP contribution is 2.14. The van der Waals surface area contributed by atoms with Gasteiger partial charge in [-0.15, -0.1) is 0 Å². The predicted molar refractivity (Wildman–Crippen MR) is 141 cm³/mol. The Morgan fingerprint density at radius 2 is 1.34 bits per heavy atom. The minimum atomic E-state index is -0.833. The van der Waals surface area contributed by atoms with Crippen molar-refractivity contribution in [3.05, 3.63) is 29.8 Å². The summed E-state index contributed by atoms with van der Waals surface area (Å²) in [6.07, 6.45) is 13.9. The number of hydrogen-bond donors (Lipinski definition) is 4. The molecular weight excluding hydrogens is 442 g/mol. The standard InChI is InChI=1S/C28H47N3O4/c1-4-5-6-7-8-9-10-11-12-13-14-15-25(33)30-24(20-22-16-18-23(32)19-17-22)28(35)31-26(21(2)3)27(29)34/h16-19,21,24,26,32H,4-15,20H2,1-3H3,(H2,29,34)(H,30,33)(H,31,35)/t24-,26-/m0/s1. The van der Waals surface area contributed by atoms with Crippen LogP contribution < -0.4 is 16.4 Å². The van der Waals surface area contributed by atoms with Crippen LogP contribution in [0.5, 0.6) is 5.75 Å². The first-order valence-corrected chi connectivity index (χ1v) is 13.4. The van der Waals surface area contributed by atoms with Gasteiger partial charge in [0.05, 0.1) is 0 Å². The number of nitrogens with one attached hydrogen (secondary N) is 2. The lowest BCUT2D eigenvalue weighted by molar-refractivity contribution is -0.132. The van der Waals surface area contributed by atoms with Crippen molar-refractivity contribution in [3.8, 4) is 5.75 Å². The average molecular weight is 490 g/mol. The highest BCUT2D eigenvalue weighted by molar-refractivity contribution is 5.91. The number of nitrogens with two attached hydrogens (primary N) is 1. The summed E-state index contributed by atoms with van der Waals surface area (Å²) in [5, 5.41) is 15.0. The van der Waals surface area contributed by atoms with Crippen LogP contribution in [-0.2, 0) is 20.8 Å². The molecular formula is C28H47N3O4. The van der Waals surface area contributed by atoms with E-state index in [1.807, 2.05) is 0 Å². The molecule has 0 bridgehead atoms. The highest BCUT2D eigenvalue weighted by atomic mass is 16.3. The van der Waals surface area contributed by atoms with Gasteiger partial charge in [0, 0.05) is 12.8 Å². The maximum atomic E-state index is 12.9. The number of phenols is 1. The number of carbonyl (C=O) groups excluding carboxylic acids is 3. The Hall–Kier alpha value is -2.57. The normalized spacial score (nSPS) is 12.8. The molecule has 0 aliphatic heterocycles. The maximum Gasteiger partial charge on any atom is 0.243 e. The van der Waals surface area contributed by atoms with E-state index < -0.39 is 23.9 Å². The van der Waals surface area contributed by atoms with Crippen LogP contribution >= 0.6 is 0 Å². The second-order valence-electron chi connectivity index (χ2n) is 9.91. The molecule has 0 saturated carbocycles. The third-order valence-electron chi connectivity index (χ3n) is 6.31. The molecule has 0 aliphatic rings. The van der Waals surface area contributed by atoms with Crippen molar-refractivity contribution >= 4 is 17.7 Å². The van der Waals surface area contributed by atoms with Crippen LogP contribution in [0.4, 0.5) is 0 Å². The van der Waals surface area contributed by atoms with Crippen LogP contribution in [0.15, 0.2) is 24.3 Å². The fourth-order valence-corrected chi connectivity index (χ4v) is 4.11. The summed E-state index contributed by atoms with van der Waals surface area (Å²) >= 11 is 0. The minimum absolute atomic E-state index is 0.129. The van der Waals surface area contributed by atoms with Gasteiger partial charge in [0.25, 0.3) is 0 Å². The van der Waals surface area contributed by atoms with Crippen LogP contribution in [0.2, 0.25) is 0 Å². The third kappa shape index (κ3) is 13.8. The first-order valence-electron chi connectivity index (χ1n) is 13.4. The Morgan fingerprint density at radius 3 is 1.83 bits per heavy atom. The maximum absolute atomic E-state index is 12.9. The average Bonchev–Trinajstić information content (AvgIpc) is 2.81. The number of rotatable bonds is 19. The van der Waals surface area contributed by atoms with Gasteiger partial charge in [-0.2, -0.15) is 0 Å². The second kappa shape index (κ2) is 17.8. The van der Waals surface area contributed by atoms with Crippen molar-refractivity contribution in [1.82, 2.24) is 10.6 Å². The van der Waals surface area contributed by atoms with Crippen molar-refractivity contribution in [3.63, 3.8) is 0 Å². The molecule has 1 aromatic rings. The van der Waals surface area contributed by atoms with Crippen molar-refractivity contribution < 1.29 is 19.5 Å². The van der Waals surface area contributed by atoms with Crippen LogP contribution in [0.25, 0.3) is 0 Å². The second-order valence-corrected chi connectivity index (χ2v) is 9.91. The molecule has 3 amide bonds. The number of carbonyl (C=O) groups is 3. The van der Waals surface area contributed by atoms with E-state index >= 15 is 0 Å². The first kappa shape index (κ1) is 30.5. The van der Waals surface area contributed by atoms with E-state index in [-0.39, 0.29) is 24.0 Å². The van der Waals surface area contributed by atoms with E-state index in [2.05, 4.69) is 17.6 Å². The lowest BCUT2D eigenvalue weighted by atomic mass is 10.0.